The maximum Gasteiger partial charge on any atom is 0.198 e. The molecule has 0 aliphatic heterocycles. The van der Waals surface area contributed by atoms with Crippen LogP contribution in [0.15, 0.2) is 27.6 Å². The van der Waals surface area contributed by atoms with E-state index in [4.69, 9.17) is 9.52 Å². The number of fused-ring (bicyclic) bond motifs is 2. The molecule has 0 fully saturated rings. The van der Waals surface area contributed by atoms with Crippen LogP contribution in [0.4, 0.5) is 0 Å². The Hall–Kier alpha value is -1.61. The van der Waals surface area contributed by atoms with Crippen molar-refractivity contribution in [3.63, 3.8) is 0 Å². The summed E-state index contributed by atoms with van der Waals surface area (Å²) in [6.07, 6.45) is 5.85. The Kier molecular flexibility index (Phi) is 2.48. The van der Waals surface area contributed by atoms with Crippen LogP contribution in [0.3, 0.4) is 0 Å². The standard InChI is InChI=1S/C14H14O3/c15-7-11-8-17-13-6-10-4-2-1-3-9(10)5-12(13)14(11)16/h5-6,8,15H,1-4,7H2. The van der Waals surface area contributed by atoms with Gasteiger partial charge in [0.05, 0.1) is 17.6 Å². The van der Waals surface area contributed by atoms with Gasteiger partial charge >= 0.3 is 0 Å². The first kappa shape index (κ1) is 10.5. The van der Waals surface area contributed by atoms with Gasteiger partial charge in [0, 0.05) is 0 Å². The summed E-state index contributed by atoms with van der Waals surface area (Å²) in [5.74, 6) is 0. The number of hydrogen-bond acceptors (Lipinski definition) is 3. The van der Waals surface area contributed by atoms with E-state index in [1.165, 1.54) is 30.2 Å². The molecule has 0 radical (unpaired) electrons. The Balaban J connectivity index is 2.30. The molecule has 0 atom stereocenters. The fourth-order valence-electron chi connectivity index (χ4n) is 2.51. The Morgan fingerprint density at radius 2 is 1.88 bits per heavy atom. The molecule has 1 aliphatic carbocycles. The highest BCUT2D eigenvalue weighted by atomic mass is 16.3. The van der Waals surface area contributed by atoms with Gasteiger partial charge in [0.15, 0.2) is 5.43 Å². The zero-order valence-electron chi connectivity index (χ0n) is 9.53. The summed E-state index contributed by atoms with van der Waals surface area (Å²) in [5, 5.41) is 9.65. The zero-order chi connectivity index (χ0) is 11.8. The van der Waals surface area contributed by atoms with Gasteiger partial charge in [0.2, 0.25) is 0 Å². The predicted molar refractivity (Wildman–Crippen MR) is 65.0 cm³/mol. The molecular weight excluding hydrogens is 216 g/mol. The van der Waals surface area contributed by atoms with E-state index >= 15 is 0 Å². The second kappa shape index (κ2) is 4.00. The number of aliphatic hydroxyl groups is 1. The maximum absolute atomic E-state index is 12.0. The lowest BCUT2D eigenvalue weighted by Crippen LogP contribution is -2.10. The van der Waals surface area contributed by atoms with Crippen LogP contribution in [0.1, 0.15) is 29.5 Å². The maximum atomic E-state index is 12.0. The summed E-state index contributed by atoms with van der Waals surface area (Å²) >= 11 is 0. The molecule has 0 saturated carbocycles. The molecule has 0 bridgehead atoms. The van der Waals surface area contributed by atoms with Gasteiger partial charge in [0.1, 0.15) is 11.8 Å². The van der Waals surface area contributed by atoms with Crippen LogP contribution < -0.4 is 5.43 Å². The molecule has 2 aromatic rings. The number of hydrogen-bond donors (Lipinski definition) is 1. The van der Waals surface area contributed by atoms with Crippen LogP contribution in [-0.2, 0) is 19.4 Å². The second-order valence-corrected chi connectivity index (χ2v) is 4.57. The summed E-state index contributed by atoms with van der Waals surface area (Å²) in [5.41, 5.74) is 3.40. The summed E-state index contributed by atoms with van der Waals surface area (Å²) in [7, 11) is 0. The summed E-state index contributed by atoms with van der Waals surface area (Å²) in [6.45, 7) is -0.268. The number of aliphatic hydroxyl groups excluding tert-OH is 1. The lowest BCUT2D eigenvalue weighted by molar-refractivity contribution is 0.277. The third-order valence-corrected chi connectivity index (χ3v) is 3.48. The van der Waals surface area contributed by atoms with E-state index in [-0.39, 0.29) is 12.0 Å². The molecule has 1 aromatic heterocycles. The van der Waals surface area contributed by atoms with Gasteiger partial charge in [-0.15, -0.1) is 0 Å². The molecule has 1 aliphatic rings. The van der Waals surface area contributed by atoms with Gasteiger partial charge in [-0.25, -0.2) is 0 Å². The van der Waals surface area contributed by atoms with E-state index in [0.29, 0.717) is 16.5 Å². The lowest BCUT2D eigenvalue weighted by Gasteiger charge is -2.15. The van der Waals surface area contributed by atoms with Crippen LogP contribution in [0.2, 0.25) is 0 Å². The first-order chi connectivity index (χ1) is 8.29. The van der Waals surface area contributed by atoms with Crippen molar-refractivity contribution in [1.82, 2.24) is 0 Å². The Morgan fingerprint density at radius 1 is 1.18 bits per heavy atom. The molecule has 88 valence electrons. The Bertz CT molecular complexity index is 625. The fraction of sp³-hybridized carbons (Fsp3) is 0.357. The van der Waals surface area contributed by atoms with Crippen molar-refractivity contribution in [1.29, 1.82) is 0 Å². The van der Waals surface area contributed by atoms with Crippen molar-refractivity contribution >= 4 is 11.0 Å². The van der Waals surface area contributed by atoms with Gasteiger partial charge in [-0.2, -0.15) is 0 Å². The third-order valence-electron chi connectivity index (χ3n) is 3.48. The van der Waals surface area contributed by atoms with Crippen LogP contribution in [0.5, 0.6) is 0 Å². The van der Waals surface area contributed by atoms with Crippen LogP contribution in [-0.4, -0.2) is 5.11 Å². The van der Waals surface area contributed by atoms with Gasteiger partial charge in [0.25, 0.3) is 0 Å². The van der Waals surface area contributed by atoms with Crippen LogP contribution >= 0.6 is 0 Å². The van der Waals surface area contributed by atoms with E-state index in [1.807, 2.05) is 12.1 Å². The molecule has 0 spiro atoms. The Morgan fingerprint density at radius 3 is 2.59 bits per heavy atom. The average Bonchev–Trinajstić information content (AvgIpc) is 2.37. The van der Waals surface area contributed by atoms with Crippen LogP contribution in [0, 0.1) is 0 Å². The summed E-state index contributed by atoms with van der Waals surface area (Å²) < 4.78 is 5.42. The van der Waals surface area contributed by atoms with Crippen molar-refractivity contribution in [2.75, 3.05) is 0 Å². The van der Waals surface area contributed by atoms with E-state index in [2.05, 4.69) is 0 Å². The average molecular weight is 230 g/mol. The number of rotatable bonds is 1. The summed E-state index contributed by atoms with van der Waals surface area (Å²) in [6, 6.07) is 3.92. The van der Waals surface area contributed by atoms with Crippen molar-refractivity contribution in [3.8, 4) is 0 Å². The lowest BCUT2D eigenvalue weighted by atomic mass is 9.90. The minimum Gasteiger partial charge on any atom is -0.464 e. The largest absolute Gasteiger partial charge is 0.464 e. The number of aryl methyl sites for hydroxylation is 2. The monoisotopic (exact) mass is 230 g/mol. The first-order valence-electron chi connectivity index (χ1n) is 5.96. The normalized spacial score (nSPS) is 14.9. The molecule has 0 amide bonds. The molecule has 1 heterocycles. The molecule has 3 nitrogen and oxygen atoms in total. The molecule has 3 heteroatoms. The van der Waals surface area contributed by atoms with Gasteiger partial charge in [-0.05, 0) is 48.9 Å². The highest BCUT2D eigenvalue weighted by Crippen LogP contribution is 2.25. The summed E-state index contributed by atoms with van der Waals surface area (Å²) in [4.78, 5) is 12.0. The molecule has 0 saturated heterocycles. The predicted octanol–water partition coefficient (Wildman–Crippen LogP) is 2.16. The van der Waals surface area contributed by atoms with E-state index in [9.17, 15) is 4.79 Å². The molecule has 0 unspecified atom stereocenters. The highest BCUT2D eigenvalue weighted by molar-refractivity contribution is 5.79. The topological polar surface area (TPSA) is 50.4 Å². The quantitative estimate of drug-likeness (QED) is 0.816. The smallest absolute Gasteiger partial charge is 0.198 e. The minimum atomic E-state index is -0.268. The SMILES string of the molecule is O=c1c(CO)coc2cc3c(cc12)CCCC3. The van der Waals surface area contributed by atoms with Gasteiger partial charge in [-0.3, -0.25) is 4.79 Å². The fourth-order valence-corrected chi connectivity index (χ4v) is 2.51. The van der Waals surface area contributed by atoms with E-state index in [1.54, 1.807) is 0 Å². The molecule has 1 N–H and O–H groups in total. The molecule has 3 rings (SSSR count). The van der Waals surface area contributed by atoms with E-state index < -0.39 is 0 Å². The first-order valence-corrected chi connectivity index (χ1v) is 5.96. The zero-order valence-corrected chi connectivity index (χ0v) is 9.53. The minimum absolute atomic E-state index is 0.109. The molecule has 17 heavy (non-hydrogen) atoms. The van der Waals surface area contributed by atoms with Gasteiger partial charge in [-0.1, -0.05) is 0 Å². The van der Waals surface area contributed by atoms with Gasteiger partial charge < -0.3 is 9.52 Å². The third kappa shape index (κ3) is 1.67. The van der Waals surface area contributed by atoms with Crippen LogP contribution in [0.25, 0.3) is 11.0 Å². The second-order valence-electron chi connectivity index (χ2n) is 4.57. The van der Waals surface area contributed by atoms with E-state index in [0.717, 1.165) is 12.8 Å². The highest BCUT2D eigenvalue weighted by Gasteiger charge is 2.13. The van der Waals surface area contributed by atoms with Crippen molar-refractivity contribution in [2.45, 2.75) is 32.3 Å². The molecule has 1 aromatic carbocycles. The van der Waals surface area contributed by atoms with Crippen molar-refractivity contribution < 1.29 is 9.52 Å². The molecular formula is C14H14O3. The van der Waals surface area contributed by atoms with Crippen molar-refractivity contribution in [2.24, 2.45) is 0 Å². The number of benzene rings is 1. The van der Waals surface area contributed by atoms with Crippen molar-refractivity contribution in [3.05, 3.63) is 45.3 Å². The Labute approximate surface area is 98.7 Å².